The number of esters is 1. The Labute approximate surface area is 169 Å². The summed E-state index contributed by atoms with van der Waals surface area (Å²) < 4.78 is 79.3. The summed E-state index contributed by atoms with van der Waals surface area (Å²) in [7, 11) is 1.22. The monoisotopic (exact) mass is 430 g/mol. The smallest absolute Gasteiger partial charge is 0.426 e. The molecule has 0 amide bonds. The van der Waals surface area contributed by atoms with E-state index in [1.54, 1.807) is 0 Å². The lowest BCUT2D eigenvalue weighted by Crippen LogP contribution is -2.21. The average molecular weight is 430 g/mol. The predicted molar refractivity (Wildman–Crippen MR) is 99.2 cm³/mol. The number of ether oxygens (including phenoxy) is 3. The van der Waals surface area contributed by atoms with E-state index in [1.165, 1.54) is 49.6 Å². The molecular formula is C21H19F5O4. The predicted octanol–water partition coefficient (Wildman–Crippen LogP) is 5.72. The maximum absolute atomic E-state index is 14.4. The van der Waals surface area contributed by atoms with Crippen molar-refractivity contribution in [2.24, 2.45) is 0 Å². The molecule has 2 aromatic carbocycles. The van der Waals surface area contributed by atoms with Crippen LogP contribution in [0.25, 0.3) is 6.08 Å². The second-order valence-electron chi connectivity index (χ2n) is 6.14. The number of hydrogen-bond donors (Lipinski definition) is 0. The van der Waals surface area contributed by atoms with E-state index in [1.807, 2.05) is 0 Å². The van der Waals surface area contributed by atoms with Crippen LogP contribution >= 0.6 is 0 Å². The fourth-order valence-corrected chi connectivity index (χ4v) is 2.29. The second-order valence-corrected chi connectivity index (χ2v) is 6.14. The topological polar surface area (TPSA) is 44.8 Å². The highest BCUT2D eigenvalue weighted by Gasteiger charge is 2.34. The molecular weight excluding hydrogens is 411 g/mol. The van der Waals surface area contributed by atoms with E-state index in [4.69, 9.17) is 9.47 Å². The number of methoxy groups -OCH3 is 1. The first kappa shape index (κ1) is 23.2. The van der Waals surface area contributed by atoms with Crippen LogP contribution in [0.4, 0.5) is 22.0 Å². The Morgan fingerprint density at radius 1 is 0.933 bits per heavy atom. The summed E-state index contributed by atoms with van der Waals surface area (Å²) in [5.74, 6) is -0.465. The van der Waals surface area contributed by atoms with E-state index in [-0.39, 0.29) is 24.5 Å². The van der Waals surface area contributed by atoms with Crippen molar-refractivity contribution < 1.29 is 41.0 Å². The van der Waals surface area contributed by atoms with Crippen LogP contribution in [0.5, 0.6) is 11.5 Å². The third-order valence-corrected chi connectivity index (χ3v) is 3.80. The normalized spacial score (nSPS) is 12.1. The summed E-state index contributed by atoms with van der Waals surface area (Å²) in [5.41, 5.74) is 0.122. The molecule has 9 heteroatoms. The standard InChI is InChI=1S/C21H19F5O4/c1-28-19(27)12-5-15-3-6-16(7-4-15)21(25,26)30-18-10-8-17(9-11-18)29-14-2-13-20(22,23)24/h3-12H,2,13-14H2,1H3. The number of benzene rings is 2. The van der Waals surface area contributed by atoms with Crippen LogP contribution in [-0.4, -0.2) is 25.9 Å². The molecule has 0 bridgehead atoms. The Kier molecular flexibility index (Phi) is 7.79. The zero-order valence-electron chi connectivity index (χ0n) is 15.9. The van der Waals surface area contributed by atoms with Crippen molar-refractivity contribution in [3.05, 3.63) is 65.7 Å². The van der Waals surface area contributed by atoms with Gasteiger partial charge in [-0.2, -0.15) is 22.0 Å². The number of hydrogen-bond acceptors (Lipinski definition) is 4. The lowest BCUT2D eigenvalue weighted by molar-refractivity contribution is -0.185. The van der Waals surface area contributed by atoms with Crippen LogP contribution < -0.4 is 9.47 Å². The zero-order valence-corrected chi connectivity index (χ0v) is 15.9. The van der Waals surface area contributed by atoms with Gasteiger partial charge in [-0.3, -0.25) is 0 Å². The van der Waals surface area contributed by atoms with Gasteiger partial charge in [-0.05, 0) is 54.5 Å². The average Bonchev–Trinajstić information content (AvgIpc) is 2.70. The van der Waals surface area contributed by atoms with E-state index in [0.29, 0.717) is 5.56 Å². The van der Waals surface area contributed by atoms with Gasteiger partial charge in [0, 0.05) is 12.5 Å². The Hall–Kier alpha value is -3.10. The van der Waals surface area contributed by atoms with Gasteiger partial charge in [-0.15, -0.1) is 0 Å². The van der Waals surface area contributed by atoms with Crippen molar-refractivity contribution in [3.63, 3.8) is 0 Å². The number of carbonyl (C=O) groups excluding carboxylic acids is 1. The summed E-state index contributed by atoms with van der Waals surface area (Å²) in [5, 5.41) is 0. The van der Waals surface area contributed by atoms with Gasteiger partial charge >= 0.3 is 18.3 Å². The molecule has 0 saturated carbocycles. The largest absolute Gasteiger partial charge is 0.494 e. The van der Waals surface area contributed by atoms with Crippen molar-refractivity contribution in [2.75, 3.05) is 13.7 Å². The summed E-state index contributed by atoms with van der Waals surface area (Å²) in [6, 6.07) is 10.2. The van der Waals surface area contributed by atoms with Crippen LogP contribution in [-0.2, 0) is 15.6 Å². The van der Waals surface area contributed by atoms with Gasteiger partial charge in [0.2, 0.25) is 0 Å². The number of halogens is 5. The minimum absolute atomic E-state index is 0.141. The van der Waals surface area contributed by atoms with Crippen molar-refractivity contribution in [2.45, 2.75) is 25.1 Å². The Morgan fingerprint density at radius 2 is 1.53 bits per heavy atom. The van der Waals surface area contributed by atoms with Crippen LogP contribution in [0, 0.1) is 0 Å². The quantitative estimate of drug-likeness (QED) is 0.221. The molecule has 0 aliphatic rings. The van der Waals surface area contributed by atoms with E-state index in [2.05, 4.69) is 4.74 Å². The molecule has 0 saturated heterocycles. The maximum atomic E-state index is 14.4. The van der Waals surface area contributed by atoms with Gasteiger partial charge in [0.25, 0.3) is 0 Å². The van der Waals surface area contributed by atoms with Crippen molar-refractivity contribution in [1.29, 1.82) is 0 Å². The molecule has 162 valence electrons. The molecule has 30 heavy (non-hydrogen) atoms. The van der Waals surface area contributed by atoms with Gasteiger partial charge < -0.3 is 14.2 Å². The first-order chi connectivity index (χ1) is 14.1. The molecule has 0 aliphatic heterocycles. The summed E-state index contributed by atoms with van der Waals surface area (Å²) in [4.78, 5) is 11.0. The Balaban J connectivity index is 1.93. The van der Waals surface area contributed by atoms with Gasteiger partial charge in [0.05, 0.1) is 19.3 Å². The van der Waals surface area contributed by atoms with Crippen LogP contribution in [0.3, 0.4) is 0 Å². The summed E-state index contributed by atoms with van der Waals surface area (Å²) in [6.45, 7) is -0.146. The highest BCUT2D eigenvalue weighted by Crippen LogP contribution is 2.32. The fourth-order valence-electron chi connectivity index (χ4n) is 2.29. The SMILES string of the molecule is COC(=O)C=Cc1ccc(C(F)(F)Oc2ccc(OCCCC(F)(F)F)cc2)cc1. The molecule has 0 spiro atoms. The molecule has 0 atom stereocenters. The van der Waals surface area contributed by atoms with E-state index >= 15 is 0 Å². The minimum atomic E-state index is -4.25. The molecule has 0 N–H and O–H groups in total. The maximum Gasteiger partial charge on any atom is 0.426 e. The molecule has 2 aromatic rings. The highest BCUT2D eigenvalue weighted by atomic mass is 19.4. The van der Waals surface area contributed by atoms with Crippen LogP contribution in [0.1, 0.15) is 24.0 Å². The molecule has 0 heterocycles. The van der Waals surface area contributed by atoms with E-state index in [0.717, 1.165) is 18.2 Å². The molecule has 4 nitrogen and oxygen atoms in total. The van der Waals surface area contributed by atoms with E-state index in [9.17, 15) is 26.7 Å². The summed E-state index contributed by atoms with van der Waals surface area (Å²) in [6.07, 6.45) is -6.46. The first-order valence-electron chi connectivity index (χ1n) is 8.82. The Morgan fingerprint density at radius 3 is 2.10 bits per heavy atom. The molecule has 2 rings (SSSR count). The van der Waals surface area contributed by atoms with Gasteiger partial charge in [0.1, 0.15) is 11.5 Å². The number of rotatable bonds is 9. The van der Waals surface area contributed by atoms with Crippen LogP contribution in [0.2, 0.25) is 0 Å². The Bertz CT molecular complexity index is 843. The van der Waals surface area contributed by atoms with E-state index < -0.39 is 30.2 Å². The van der Waals surface area contributed by atoms with Gasteiger partial charge in [-0.25, -0.2) is 4.79 Å². The van der Waals surface area contributed by atoms with Crippen molar-refractivity contribution in [1.82, 2.24) is 0 Å². The molecule has 0 aliphatic carbocycles. The van der Waals surface area contributed by atoms with Gasteiger partial charge in [-0.1, -0.05) is 12.1 Å². The summed E-state index contributed by atoms with van der Waals surface area (Å²) >= 11 is 0. The highest BCUT2D eigenvalue weighted by molar-refractivity contribution is 5.86. The van der Waals surface area contributed by atoms with Crippen molar-refractivity contribution in [3.8, 4) is 11.5 Å². The third kappa shape index (κ3) is 7.73. The fraction of sp³-hybridized carbons (Fsp3) is 0.286. The first-order valence-corrected chi connectivity index (χ1v) is 8.82. The third-order valence-electron chi connectivity index (χ3n) is 3.80. The molecule has 0 unspecified atom stereocenters. The lowest BCUT2D eigenvalue weighted by Gasteiger charge is -2.18. The molecule has 0 aromatic heterocycles. The van der Waals surface area contributed by atoms with Gasteiger partial charge in [0.15, 0.2) is 0 Å². The second kappa shape index (κ2) is 10.1. The number of alkyl halides is 5. The van der Waals surface area contributed by atoms with Crippen molar-refractivity contribution >= 4 is 12.0 Å². The molecule has 0 radical (unpaired) electrons. The van der Waals surface area contributed by atoms with Crippen LogP contribution in [0.15, 0.2) is 54.6 Å². The number of carbonyl (C=O) groups is 1. The zero-order chi connectivity index (χ0) is 22.2. The lowest BCUT2D eigenvalue weighted by atomic mass is 10.1. The minimum Gasteiger partial charge on any atom is -0.494 e. The molecule has 0 fully saturated rings.